The summed E-state index contributed by atoms with van der Waals surface area (Å²) in [6, 6.07) is 8.05. The van der Waals surface area contributed by atoms with E-state index in [2.05, 4.69) is 36.2 Å². The second kappa shape index (κ2) is 11.7. The van der Waals surface area contributed by atoms with Crippen molar-refractivity contribution in [1.82, 2.24) is 25.2 Å². The third-order valence-electron chi connectivity index (χ3n) is 4.47. The molecule has 0 aliphatic heterocycles. The number of fused-ring (bicyclic) bond motifs is 1. The molecule has 0 saturated carbocycles. The summed E-state index contributed by atoms with van der Waals surface area (Å²) in [6.45, 7) is 6.56. The summed E-state index contributed by atoms with van der Waals surface area (Å²) in [6.07, 6.45) is -3.14. The summed E-state index contributed by atoms with van der Waals surface area (Å²) in [5.74, 6) is 1.63. The van der Waals surface area contributed by atoms with Gasteiger partial charge in [0.1, 0.15) is 5.82 Å². The Morgan fingerprint density at radius 2 is 1.97 bits per heavy atom. The second-order valence-corrected chi connectivity index (χ2v) is 7.66. The number of thiazole rings is 1. The lowest BCUT2D eigenvalue weighted by Crippen LogP contribution is -2.38. The Morgan fingerprint density at radius 1 is 1.19 bits per heavy atom. The molecular formula is C20H26F3IN6S. The number of nitrogens with one attached hydrogen (secondary N) is 2. The standard InChI is InChI=1S/C20H25F3N6S.HI/c1-3-24-19(26-11-9-18-28-17(13-30-18)20(21,22)23)25-10-6-12-29-14(2)27-15-7-4-5-8-16(15)29;/h4-5,7-8,13H,3,6,9-12H2,1-2H3,(H2,24,25,26);1H. The molecule has 0 atom stereocenters. The highest BCUT2D eigenvalue weighted by atomic mass is 127. The third-order valence-corrected chi connectivity index (χ3v) is 5.38. The van der Waals surface area contributed by atoms with Crippen LogP contribution in [0.5, 0.6) is 0 Å². The van der Waals surface area contributed by atoms with Gasteiger partial charge in [0.25, 0.3) is 0 Å². The summed E-state index contributed by atoms with van der Waals surface area (Å²) < 4.78 is 40.1. The molecule has 3 rings (SSSR count). The number of rotatable bonds is 8. The third kappa shape index (κ3) is 7.06. The first kappa shape index (κ1) is 25.4. The van der Waals surface area contributed by atoms with Gasteiger partial charge >= 0.3 is 6.18 Å². The molecule has 0 saturated heterocycles. The maximum absolute atomic E-state index is 12.6. The molecule has 2 heterocycles. The van der Waals surface area contributed by atoms with Crippen LogP contribution in [-0.4, -0.2) is 40.1 Å². The van der Waals surface area contributed by atoms with Crippen molar-refractivity contribution in [2.75, 3.05) is 19.6 Å². The minimum Gasteiger partial charge on any atom is -0.357 e. The lowest BCUT2D eigenvalue weighted by atomic mass is 10.3. The minimum absolute atomic E-state index is 0. The molecule has 2 aromatic heterocycles. The van der Waals surface area contributed by atoms with Gasteiger partial charge in [-0.05, 0) is 32.4 Å². The van der Waals surface area contributed by atoms with Crippen LogP contribution in [-0.2, 0) is 19.1 Å². The molecule has 0 unspecified atom stereocenters. The molecular weight excluding hydrogens is 540 g/mol. The van der Waals surface area contributed by atoms with Crippen molar-refractivity contribution >= 4 is 52.3 Å². The molecule has 0 aliphatic carbocycles. The normalized spacial score (nSPS) is 12.1. The van der Waals surface area contributed by atoms with Gasteiger partial charge in [0.2, 0.25) is 0 Å². The fourth-order valence-corrected chi connectivity index (χ4v) is 3.89. The smallest absolute Gasteiger partial charge is 0.357 e. The Labute approximate surface area is 200 Å². The van der Waals surface area contributed by atoms with Crippen molar-refractivity contribution in [1.29, 1.82) is 0 Å². The summed E-state index contributed by atoms with van der Waals surface area (Å²) >= 11 is 1.02. The van der Waals surface area contributed by atoms with E-state index in [0.717, 1.165) is 46.5 Å². The first-order valence-electron chi connectivity index (χ1n) is 9.84. The number of aryl methyl sites for hydroxylation is 2. The van der Waals surface area contributed by atoms with Crippen molar-refractivity contribution < 1.29 is 13.2 Å². The van der Waals surface area contributed by atoms with Gasteiger partial charge in [0.15, 0.2) is 11.7 Å². The van der Waals surface area contributed by atoms with Gasteiger partial charge in [-0.1, -0.05) is 12.1 Å². The topological polar surface area (TPSA) is 67.1 Å². The zero-order chi connectivity index (χ0) is 21.6. The maximum atomic E-state index is 12.6. The number of hydrogen-bond donors (Lipinski definition) is 2. The fourth-order valence-electron chi connectivity index (χ4n) is 3.08. The van der Waals surface area contributed by atoms with E-state index in [4.69, 9.17) is 0 Å². The van der Waals surface area contributed by atoms with Crippen molar-refractivity contribution in [2.45, 2.75) is 39.4 Å². The van der Waals surface area contributed by atoms with Crippen molar-refractivity contribution in [2.24, 2.45) is 4.99 Å². The molecule has 170 valence electrons. The zero-order valence-corrected chi connectivity index (χ0v) is 20.5. The van der Waals surface area contributed by atoms with Crippen LogP contribution >= 0.6 is 35.3 Å². The summed E-state index contributed by atoms with van der Waals surface area (Å²) in [5.41, 5.74) is 1.28. The first-order chi connectivity index (χ1) is 14.4. The molecule has 0 fully saturated rings. The van der Waals surface area contributed by atoms with Crippen molar-refractivity contribution in [3.05, 3.63) is 46.2 Å². The molecule has 0 radical (unpaired) electrons. The largest absolute Gasteiger partial charge is 0.434 e. The maximum Gasteiger partial charge on any atom is 0.434 e. The zero-order valence-electron chi connectivity index (χ0n) is 17.4. The number of aliphatic imine (C=N–C) groups is 1. The predicted molar refractivity (Wildman–Crippen MR) is 129 cm³/mol. The van der Waals surface area contributed by atoms with Gasteiger partial charge in [-0.25, -0.2) is 9.97 Å². The number of hydrogen-bond acceptors (Lipinski definition) is 4. The van der Waals surface area contributed by atoms with Crippen LogP contribution in [0.1, 0.15) is 29.9 Å². The lowest BCUT2D eigenvalue weighted by molar-refractivity contribution is -0.140. The highest BCUT2D eigenvalue weighted by Crippen LogP contribution is 2.30. The molecule has 6 nitrogen and oxygen atoms in total. The molecule has 0 spiro atoms. The number of guanidine groups is 1. The van der Waals surface area contributed by atoms with E-state index in [1.165, 1.54) is 0 Å². The highest BCUT2D eigenvalue weighted by molar-refractivity contribution is 14.0. The molecule has 31 heavy (non-hydrogen) atoms. The Morgan fingerprint density at radius 3 is 2.68 bits per heavy atom. The summed E-state index contributed by atoms with van der Waals surface area (Å²) in [5, 5.41) is 7.82. The number of halogens is 4. The molecule has 0 aliphatic rings. The molecule has 1 aromatic carbocycles. The number of aromatic nitrogens is 3. The van der Waals surface area contributed by atoms with Crippen LogP contribution < -0.4 is 10.6 Å². The Balaban J connectivity index is 0.00000341. The van der Waals surface area contributed by atoms with Crippen LogP contribution in [0.3, 0.4) is 0 Å². The lowest BCUT2D eigenvalue weighted by Gasteiger charge is -2.11. The van der Waals surface area contributed by atoms with Crippen LogP contribution in [0.25, 0.3) is 11.0 Å². The number of imidazole rings is 1. The highest BCUT2D eigenvalue weighted by Gasteiger charge is 2.33. The van der Waals surface area contributed by atoms with Gasteiger partial charge in [0, 0.05) is 38.0 Å². The van der Waals surface area contributed by atoms with Gasteiger partial charge in [-0.2, -0.15) is 13.2 Å². The van der Waals surface area contributed by atoms with Gasteiger partial charge in [0.05, 0.1) is 16.0 Å². The van der Waals surface area contributed by atoms with Crippen LogP contribution in [0, 0.1) is 6.92 Å². The van der Waals surface area contributed by atoms with E-state index in [-0.39, 0.29) is 24.0 Å². The number of nitrogens with zero attached hydrogens (tertiary/aromatic N) is 4. The Bertz CT molecular complexity index is 998. The Kier molecular flexibility index (Phi) is 9.54. The van der Waals surface area contributed by atoms with Gasteiger partial charge < -0.3 is 15.2 Å². The Hall–Kier alpha value is -1.89. The number of benzene rings is 1. The van der Waals surface area contributed by atoms with E-state index in [1.807, 2.05) is 32.0 Å². The van der Waals surface area contributed by atoms with E-state index in [0.29, 0.717) is 37.0 Å². The first-order valence-corrected chi connectivity index (χ1v) is 10.7. The quantitative estimate of drug-likeness (QED) is 0.181. The van der Waals surface area contributed by atoms with E-state index >= 15 is 0 Å². The molecule has 2 N–H and O–H groups in total. The second-order valence-electron chi connectivity index (χ2n) is 6.71. The van der Waals surface area contributed by atoms with E-state index in [1.54, 1.807) is 0 Å². The average Bonchev–Trinajstić information content (AvgIpc) is 3.29. The van der Waals surface area contributed by atoms with Gasteiger partial charge in [-0.15, -0.1) is 35.3 Å². The summed E-state index contributed by atoms with van der Waals surface area (Å²) in [4.78, 5) is 12.8. The van der Waals surface area contributed by atoms with E-state index < -0.39 is 11.9 Å². The van der Waals surface area contributed by atoms with Crippen LogP contribution in [0.2, 0.25) is 0 Å². The fraction of sp³-hybridized carbons (Fsp3) is 0.450. The van der Waals surface area contributed by atoms with E-state index in [9.17, 15) is 13.2 Å². The number of para-hydroxylation sites is 2. The van der Waals surface area contributed by atoms with Crippen LogP contribution in [0.4, 0.5) is 13.2 Å². The van der Waals surface area contributed by atoms with Crippen molar-refractivity contribution in [3.63, 3.8) is 0 Å². The predicted octanol–water partition coefficient (Wildman–Crippen LogP) is 4.63. The van der Waals surface area contributed by atoms with Crippen LogP contribution in [0.15, 0.2) is 34.6 Å². The monoisotopic (exact) mass is 566 g/mol. The number of alkyl halides is 3. The average molecular weight is 566 g/mol. The summed E-state index contributed by atoms with van der Waals surface area (Å²) in [7, 11) is 0. The molecule has 3 aromatic rings. The van der Waals surface area contributed by atoms with Gasteiger partial charge in [-0.3, -0.25) is 4.99 Å². The molecule has 11 heteroatoms. The minimum atomic E-state index is -4.39. The van der Waals surface area contributed by atoms with Crippen molar-refractivity contribution in [3.8, 4) is 0 Å². The molecule has 0 amide bonds. The molecule has 0 bridgehead atoms. The SMILES string of the molecule is CCNC(=NCCCn1c(C)nc2ccccc21)NCCc1nc(C(F)(F)F)cs1.I.